The first-order chi connectivity index (χ1) is 6.45. The van der Waals surface area contributed by atoms with Gasteiger partial charge < -0.3 is 0 Å². The molecule has 0 spiro atoms. The first-order valence-corrected chi connectivity index (χ1v) is 10.4. The van der Waals surface area contributed by atoms with Crippen LogP contribution in [0.3, 0.4) is 0 Å². The molecule has 0 fully saturated rings. The predicted molar refractivity (Wildman–Crippen MR) is 59.6 cm³/mol. The summed E-state index contributed by atoms with van der Waals surface area (Å²) in [5, 5.41) is 17.8. The van der Waals surface area contributed by atoms with E-state index >= 15 is 0 Å². The van der Waals surface area contributed by atoms with Crippen LogP contribution >= 0.6 is 12.4 Å². The number of hydrogen-bond donors (Lipinski definition) is 4. The quantitative estimate of drug-likeness (QED) is 0.316. The molecule has 0 aliphatic heterocycles. The molecule has 0 aliphatic rings. The molecule has 0 rings (SSSR count). The molecule has 6 nitrogen and oxygen atoms in total. The fraction of sp³-hybridized carbons (Fsp3) is 0.667. The molecule has 0 aromatic carbocycles. The topological polar surface area (TPSA) is 127 Å². The van der Waals surface area contributed by atoms with Gasteiger partial charge in [-0.05, 0) is 0 Å². The van der Waals surface area contributed by atoms with Gasteiger partial charge in [0.05, 0.1) is 0 Å². The van der Waals surface area contributed by atoms with Crippen molar-refractivity contribution in [3.63, 3.8) is 0 Å². The van der Waals surface area contributed by atoms with Crippen LogP contribution in [-0.2, 0) is 9.59 Å². The average Bonchev–Trinajstić information content (AvgIpc) is 2.11. The number of hydrogen-bond acceptors (Lipinski definition) is 4. The van der Waals surface area contributed by atoms with Gasteiger partial charge in [-0.1, -0.05) is 0 Å². The second-order valence-electron chi connectivity index (χ2n) is 2.46. The number of rotatable bonds is 7. The molecule has 15 heavy (non-hydrogen) atoms. The van der Waals surface area contributed by atoms with Crippen molar-refractivity contribution in [3.8, 4) is 0 Å². The van der Waals surface area contributed by atoms with Crippen LogP contribution in [-0.4, -0.2) is 60.5 Å². The normalized spacial score (nSPS) is 13.7. The van der Waals surface area contributed by atoms with Gasteiger partial charge in [0.1, 0.15) is 0 Å². The van der Waals surface area contributed by atoms with Crippen molar-refractivity contribution in [2.45, 2.75) is 22.7 Å². The zero-order valence-corrected chi connectivity index (χ0v) is 11.9. The first-order valence-electron chi connectivity index (χ1n) is 3.66. The summed E-state index contributed by atoms with van der Waals surface area (Å²) in [7, 11) is 0. The molecule has 0 heterocycles. The fourth-order valence-electron chi connectivity index (χ4n) is 0.385. The monoisotopic (exact) mass is 372 g/mol. The number of aliphatic carboxylic acids is 2. The Morgan fingerprint density at radius 3 is 1.47 bits per heavy atom. The summed E-state index contributed by atoms with van der Waals surface area (Å²) in [6.07, 6.45) is 0. The zero-order chi connectivity index (χ0) is 11.1. The van der Waals surface area contributed by atoms with Gasteiger partial charge in [-0.2, -0.15) is 0 Å². The molecule has 0 aromatic rings. The van der Waals surface area contributed by atoms with Gasteiger partial charge in [0.2, 0.25) is 0 Å². The van der Waals surface area contributed by atoms with Gasteiger partial charge in [-0.3, -0.25) is 0 Å². The van der Waals surface area contributed by atoms with E-state index in [0.29, 0.717) is 10.6 Å². The van der Waals surface area contributed by atoms with Crippen LogP contribution in [0.5, 0.6) is 0 Å². The first kappa shape index (κ1) is 17.6. The molecule has 90 valence electrons. The van der Waals surface area contributed by atoms with Crippen molar-refractivity contribution in [1.82, 2.24) is 0 Å². The summed E-state index contributed by atoms with van der Waals surface area (Å²) in [5.41, 5.74) is 10.5. The number of halogens is 1. The van der Waals surface area contributed by atoms with Gasteiger partial charge in [0.15, 0.2) is 0 Å². The maximum absolute atomic E-state index is 10.3. The van der Waals surface area contributed by atoms with Crippen molar-refractivity contribution < 1.29 is 19.8 Å². The molecule has 0 aliphatic carbocycles. The van der Waals surface area contributed by atoms with Crippen molar-refractivity contribution in [2.24, 2.45) is 11.5 Å². The van der Waals surface area contributed by atoms with Crippen molar-refractivity contribution in [3.05, 3.63) is 0 Å². The van der Waals surface area contributed by atoms with Gasteiger partial charge >= 0.3 is 92.2 Å². The number of carboxylic acid groups (broad SMARTS) is 2. The van der Waals surface area contributed by atoms with Crippen LogP contribution < -0.4 is 11.5 Å². The molecule has 0 amide bonds. The van der Waals surface area contributed by atoms with Gasteiger partial charge in [-0.25, -0.2) is 0 Å². The number of carboxylic acids is 2. The predicted octanol–water partition coefficient (Wildman–Crippen LogP) is -1.61. The second kappa shape index (κ2) is 9.42. The standard InChI is InChI=1S/C6H12N2O4Se2.ClH/c7-3(5(9)10)1-13-14-2-4(8)6(11)12;/h3-4H,1-2,7-8H2,(H,9,10)(H,11,12);1H. The average molecular weight is 371 g/mol. The van der Waals surface area contributed by atoms with E-state index < -0.39 is 24.0 Å². The molecular weight excluding hydrogens is 357 g/mol. The van der Waals surface area contributed by atoms with Crippen LogP contribution in [0.15, 0.2) is 0 Å². The molecular formula is C6H13ClN2O4Se2. The maximum atomic E-state index is 10.3. The van der Waals surface area contributed by atoms with E-state index in [1.165, 1.54) is 0 Å². The molecule has 6 N–H and O–H groups in total. The summed E-state index contributed by atoms with van der Waals surface area (Å²) in [4.78, 5) is 20.6. The Kier molecular flexibility index (Phi) is 11.0. The Hall–Kier alpha value is 0.189. The van der Waals surface area contributed by atoms with Gasteiger partial charge in [0.25, 0.3) is 0 Å². The minimum absolute atomic E-state index is 0. The number of nitrogens with two attached hydrogens (primary N) is 2. The third-order valence-corrected chi connectivity index (χ3v) is 8.42. The van der Waals surface area contributed by atoms with Crippen molar-refractivity contribution in [2.75, 3.05) is 0 Å². The van der Waals surface area contributed by atoms with Gasteiger partial charge in [-0.15, -0.1) is 12.4 Å². The Morgan fingerprint density at radius 2 is 1.27 bits per heavy atom. The zero-order valence-electron chi connectivity index (χ0n) is 7.66. The van der Waals surface area contributed by atoms with Crippen LogP contribution in [0.1, 0.15) is 0 Å². The van der Waals surface area contributed by atoms with E-state index in [-0.39, 0.29) is 38.7 Å². The molecule has 0 aromatic heterocycles. The van der Waals surface area contributed by atoms with Gasteiger partial charge in [0, 0.05) is 0 Å². The van der Waals surface area contributed by atoms with Crippen LogP contribution in [0.2, 0.25) is 10.6 Å². The summed E-state index contributed by atoms with van der Waals surface area (Å²) in [6.45, 7) is 0. The third kappa shape index (κ3) is 9.14. The van der Waals surface area contributed by atoms with E-state index in [9.17, 15) is 9.59 Å². The fourth-order valence-corrected chi connectivity index (χ4v) is 7.30. The van der Waals surface area contributed by atoms with Crippen LogP contribution in [0.25, 0.3) is 0 Å². The Balaban J connectivity index is 0. The summed E-state index contributed by atoms with van der Waals surface area (Å²) >= 11 is 0.218. The van der Waals surface area contributed by atoms with E-state index in [0.717, 1.165) is 0 Å². The summed E-state index contributed by atoms with van der Waals surface area (Å²) < 4.78 is 0. The molecule has 0 saturated heterocycles. The Bertz CT molecular complexity index is 197. The Labute approximate surface area is 104 Å². The minimum atomic E-state index is -1.01. The van der Waals surface area contributed by atoms with E-state index in [2.05, 4.69) is 0 Å². The second-order valence-corrected chi connectivity index (χ2v) is 9.99. The van der Waals surface area contributed by atoms with E-state index in [1.54, 1.807) is 0 Å². The molecule has 9 heteroatoms. The molecule has 2 unspecified atom stereocenters. The Morgan fingerprint density at radius 1 is 1.00 bits per heavy atom. The van der Waals surface area contributed by atoms with E-state index in [4.69, 9.17) is 21.7 Å². The molecule has 0 saturated carbocycles. The summed E-state index contributed by atoms with van der Waals surface area (Å²) in [5.74, 6) is -2.02. The molecule has 2 atom stereocenters. The molecule has 0 radical (unpaired) electrons. The third-order valence-electron chi connectivity index (χ3n) is 1.21. The van der Waals surface area contributed by atoms with Crippen LogP contribution in [0.4, 0.5) is 0 Å². The summed E-state index contributed by atoms with van der Waals surface area (Å²) in [6, 6.07) is -1.64. The van der Waals surface area contributed by atoms with Crippen molar-refractivity contribution in [1.29, 1.82) is 0 Å². The molecule has 0 bridgehead atoms. The van der Waals surface area contributed by atoms with Crippen LogP contribution in [0, 0.1) is 0 Å². The van der Waals surface area contributed by atoms with E-state index in [1.807, 2.05) is 0 Å². The SMILES string of the molecule is Cl.NC(C[Se][Se]CC(N)C(=O)O)C(=O)O. The van der Waals surface area contributed by atoms with Crippen molar-refractivity contribution >= 4 is 50.6 Å². The number of carbonyl (C=O) groups is 2.